The molecule has 0 bridgehead atoms. The van der Waals surface area contributed by atoms with E-state index in [-0.39, 0.29) is 18.2 Å². The summed E-state index contributed by atoms with van der Waals surface area (Å²) in [4.78, 5) is 13.8. The van der Waals surface area contributed by atoms with Crippen LogP contribution in [0.15, 0.2) is 24.3 Å². The normalized spacial score (nSPS) is 10.8. The fourth-order valence-corrected chi connectivity index (χ4v) is 2.39. The van der Waals surface area contributed by atoms with E-state index in [1.807, 2.05) is 52.0 Å². The van der Waals surface area contributed by atoms with Crippen molar-refractivity contribution < 1.29 is 9.53 Å². The smallest absolute Gasteiger partial charge is 0.410 e. The number of carbonyl (C=O) groups is 1. The number of halogens is 1. The first-order valence-corrected chi connectivity index (χ1v) is 7.19. The van der Waals surface area contributed by atoms with Crippen molar-refractivity contribution in [3.8, 4) is 0 Å². The summed E-state index contributed by atoms with van der Waals surface area (Å²) in [7, 11) is 0. The molecule has 0 spiro atoms. The number of carbonyl (C=O) groups excluding carboxylic acids is 1. The van der Waals surface area contributed by atoms with Crippen molar-refractivity contribution in [1.29, 1.82) is 0 Å². The van der Waals surface area contributed by atoms with Gasteiger partial charge in [-0.15, -0.1) is 0 Å². The van der Waals surface area contributed by atoms with Crippen LogP contribution in [0.25, 0.3) is 0 Å². The van der Waals surface area contributed by atoms with Gasteiger partial charge in [0.15, 0.2) is 0 Å². The van der Waals surface area contributed by atoms with E-state index in [0.29, 0.717) is 6.61 Å². The molecule has 1 aromatic rings. The van der Waals surface area contributed by atoms with E-state index in [0.717, 1.165) is 9.13 Å². The van der Waals surface area contributed by atoms with Crippen LogP contribution in [0.4, 0.5) is 4.79 Å². The lowest BCUT2D eigenvalue weighted by Crippen LogP contribution is -2.42. The minimum Gasteiger partial charge on any atom is -0.444 e. The number of amides is 1. The molecule has 0 aliphatic heterocycles. The summed E-state index contributed by atoms with van der Waals surface area (Å²) in [5.41, 5.74) is 1.04. The van der Waals surface area contributed by atoms with Crippen LogP contribution in [0.3, 0.4) is 0 Å². The molecule has 3 nitrogen and oxygen atoms in total. The topological polar surface area (TPSA) is 29.5 Å². The van der Waals surface area contributed by atoms with Crippen molar-refractivity contribution in [2.24, 2.45) is 0 Å². The number of nitrogens with zero attached hydrogens (tertiary/aromatic N) is 1. The Morgan fingerprint density at radius 3 is 2.28 bits per heavy atom. The maximum atomic E-state index is 12.0. The highest BCUT2D eigenvalue weighted by Gasteiger charge is 2.21. The average molecular weight is 361 g/mol. The standard InChI is InChI=1S/C14H20INO2/c1-10(2)16(11(3)4)14(17)18-9-12-7-5-6-8-13(12)15/h5-8,10-11H,9H2,1-4H3. The second kappa shape index (κ2) is 6.97. The summed E-state index contributed by atoms with van der Waals surface area (Å²) >= 11 is 2.25. The van der Waals surface area contributed by atoms with Crippen molar-refractivity contribution in [3.63, 3.8) is 0 Å². The Morgan fingerprint density at radius 1 is 1.22 bits per heavy atom. The summed E-state index contributed by atoms with van der Waals surface area (Å²) in [6, 6.07) is 8.20. The Labute approximate surface area is 123 Å². The maximum absolute atomic E-state index is 12.0. The summed E-state index contributed by atoms with van der Waals surface area (Å²) < 4.78 is 6.49. The largest absolute Gasteiger partial charge is 0.444 e. The van der Waals surface area contributed by atoms with Crippen LogP contribution < -0.4 is 0 Å². The molecule has 1 amide bonds. The van der Waals surface area contributed by atoms with E-state index >= 15 is 0 Å². The first kappa shape index (κ1) is 15.3. The number of hydrogen-bond donors (Lipinski definition) is 0. The molecule has 1 aromatic carbocycles. The highest BCUT2D eigenvalue weighted by molar-refractivity contribution is 14.1. The fourth-order valence-electron chi connectivity index (χ4n) is 1.85. The number of rotatable bonds is 4. The molecule has 0 saturated heterocycles. The van der Waals surface area contributed by atoms with Gasteiger partial charge in [-0.05, 0) is 56.4 Å². The predicted octanol–water partition coefficient (Wildman–Crippen LogP) is 4.05. The molecule has 1 rings (SSSR count). The molecule has 0 N–H and O–H groups in total. The lowest BCUT2D eigenvalue weighted by molar-refractivity contribution is 0.0737. The van der Waals surface area contributed by atoms with Gasteiger partial charge >= 0.3 is 6.09 Å². The van der Waals surface area contributed by atoms with Crippen LogP contribution in [0, 0.1) is 3.57 Å². The molecule has 0 heterocycles. The minimum absolute atomic E-state index is 0.146. The lowest BCUT2D eigenvalue weighted by Gasteiger charge is -2.29. The van der Waals surface area contributed by atoms with Crippen LogP contribution in [0.5, 0.6) is 0 Å². The van der Waals surface area contributed by atoms with E-state index in [2.05, 4.69) is 22.6 Å². The van der Waals surface area contributed by atoms with Crippen LogP contribution in [0.1, 0.15) is 33.3 Å². The fraction of sp³-hybridized carbons (Fsp3) is 0.500. The first-order chi connectivity index (χ1) is 8.43. The highest BCUT2D eigenvalue weighted by atomic mass is 127. The van der Waals surface area contributed by atoms with Crippen molar-refractivity contribution in [2.75, 3.05) is 0 Å². The zero-order valence-electron chi connectivity index (χ0n) is 11.3. The van der Waals surface area contributed by atoms with E-state index in [9.17, 15) is 4.79 Å². The van der Waals surface area contributed by atoms with Crippen LogP contribution >= 0.6 is 22.6 Å². The first-order valence-electron chi connectivity index (χ1n) is 6.12. The molecule has 0 radical (unpaired) electrons. The maximum Gasteiger partial charge on any atom is 0.410 e. The van der Waals surface area contributed by atoms with Crippen LogP contribution in [-0.4, -0.2) is 23.1 Å². The molecule has 0 aromatic heterocycles. The summed E-state index contributed by atoms with van der Waals surface area (Å²) in [5.74, 6) is 0. The van der Waals surface area contributed by atoms with Crippen molar-refractivity contribution in [1.82, 2.24) is 4.90 Å². The van der Waals surface area contributed by atoms with Gasteiger partial charge in [0.05, 0.1) is 0 Å². The Bertz CT molecular complexity index is 397. The third kappa shape index (κ3) is 4.15. The Hall–Kier alpha value is -0.780. The van der Waals surface area contributed by atoms with Gasteiger partial charge in [0.25, 0.3) is 0 Å². The molecule has 4 heteroatoms. The molecule has 0 aliphatic carbocycles. The van der Waals surface area contributed by atoms with Crippen molar-refractivity contribution in [3.05, 3.63) is 33.4 Å². The van der Waals surface area contributed by atoms with Gasteiger partial charge in [0, 0.05) is 21.2 Å². The van der Waals surface area contributed by atoms with Gasteiger partial charge in [-0.25, -0.2) is 4.79 Å². The predicted molar refractivity (Wildman–Crippen MR) is 81.5 cm³/mol. The monoisotopic (exact) mass is 361 g/mol. The highest BCUT2D eigenvalue weighted by Crippen LogP contribution is 2.14. The van der Waals surface area contributed by atoms with E-state index in [4.69, 9.17) is 4.74 Å². The summed E-state index contributed by atoms with van der Waals surface area (Å²) in [6.45, 7) is 8.30. The van der Waals surface area contributed by atoms with Crippen molar-refractivity contribution >= 4 is 28.7 Å². The second-order valence-electron chi connectivity index (χ2n) is 4.74. The Morgan fingerprint density at radius 2 is 1.78 bits per heavy atom. The third-order valence-corrected chi connectivity index (χ3v) is 3.68. The van der Waals surface area contributed by atoms with Gasteiger partial charge in [-0.1, -0.05) is 18.2 Å². The molecular weight excluding hydrogens is 341 g/mol. The third-order valence-electron chi connectivity index (χ3n) is 2.63. The molecular formula is C14H20INO2. The van der Waals surface area contributed by atoms with E-state index < -0.39 is 0 Å². The van der Waals surface area contributed by atoms with Crippen LogP contribution in [0.2, 0.25) is 0 Å². The lowest BCUT2D eigenvalue weighted by atomic mass is 10.2. The molecule has 0 unspecified atom stereocenters. The van der Waals surface area contributed by atoms with E-state index in [1.54, 1.807) is 4.90 Å². The van der Waals surface area contributed by atoms with Gasteiger partial charge in [-0.3, -0.25) is 0 Å². The molecule has 0 saturated carbocycles. The van der Waals surface area contributed by atoms with Gasteiger partial charge in [0.1, 0.15) is 6.61 Å². The number of hydrogen-bond acceptors (Lipinski definition) is 2. The minimum atomic E-state index is -0.250. The SMILES string of the molecule is CC(C)N(C(=O)OCc1ccccc1I)C(C)C. The van der Waals surface area contributed by atoms with Gasteiger partial charge in [-0.2, -0.15) is 0 Å². The van der Waals surface area contributed by atoms with Gasteiger partial charge < -0.3 is 9.64 Å². The zero-order valence-corrected chi connectivity index (χ0v) is 13.5. The van der Waals surface area contributed by atoms with E-state index in [1.165, 1.54) is 0 Å². The second-order valence-corrected chi connectivity index (χ2v) is 5.90. The number of ether oxygens (including phenoxy) is 1. The molecule has 100 valence electrons. The Balaban J connectivity index is 2.63. The zero-order chi connectivity index (χ0) is 13.7. The summed E-state index contributed by atoms with van der Waals surface area (Å²) in [6.07, 6.45) is -0.250. The van der Waals surface area contributed by atoms with Gasteiger partial charge in [0.2, 0.25) is 0 Å². The summed E-state index contributed by atoms with van der Waals surface area (Å²) in [5, 5.41) is 0. The molecule has 0 atom stereocenters. The quantitative estimate of drug-likeness (QED) is 0.758. The van der Waals surface area contributed by atoms with Crippen LogP contribution in [-0.2, 0) is 11.3 Å². The molecule has 0 aliphatic rings. The average Bonchev–Trinajstić information content (AvgIpc) is 2.27. The molecule has 18 heavy (non-hydrogen) atoms. The number of benzene rings is 1. The van der Waals surface area contributed by atoms with Crippen molar-refractivity contribution in [2.45, 2.75) is 46.4 Å². The molecule has 0 fully saturated rings. The Kier molecular flexibility index (Phi) is 5.91.